The van der Waals surface area contributed by atoms with Crippen LogP contribution in [0.4, 0.5) is 0 Å². The average molecular weight is 250 g/mol. The third kappa shape index (κ3) is 2.45. The summed E-state index contributed by atoms with van der Waals surface area (Å²) in [7, 11) is 2.03. The highest BCUT2D eigenvalue weighted by Gasteiger charge is 2.38. The first kappa shape index (κ1) is 13.6. The van der Waals surface area contributed by atoms with E-state index in [2.05, 4.69) is 42.2 Å². The van der Waals surface area contributed by atoms with E-state index in [1.165, 1.54) is 31.6 Å². The van der Waals surface area contributed by atoms with Crippen molar-refractivity contribution in [2.75, 3.05) is 19.6 Å². The molecule has 1 fully saturated rings. The first-order chi connectivity index (χ1) is 8.57. The molecule has 2 heterocycles. The van der Waals surface area contributed by atoms with Crippen molar-refractivity contribution in [1.82, 2.24) is 20.0 Å². The zero-order chi connectivity index (χ0) is 13.2. The van der Waals surface area contributed by atoms with Crippen molar-refractivity contribution >= 4 is 0 Å². The summed E-state index contributed by atoms with van der Waals surface area (Å²) in [5.41, 5.74) is 1.40. The highest BCUT2D eigenvalue weighted by Crippen LogP contribution is 2.33. The van der Waals surface area contributed by atoms with E-state index in [1.807, 2.05) is 17.9 Å². The molecule has 4 heteroatoms. The van der Waals surface area contributed by atoms with E-state index in [1.54, 1.807) is 0 Å². The van der Waals surface area contributed by atoms with Gasteiger partial charge in [0.2, 0.25) is 0 Å². The number of aromatic nitrogens is 2. The van der Waals surface area contributed by atoms with Crippen molar-refractivity contribution in [3.63, 3.8) is 0 Å². The lowest BCUT2D eigenvalue weighted by molar-refractivity contribution is 0.104. The molecular weight excluding hydrogens is 224 g/mol. The zero-order valence-corrected chi connectivity index (χ0v) is 12.1. The van der Waals surface area contributed by atoms with Crippen molar-refractivity contribution < 1.29 is 0 Å². The van der Waals surface area contributed by atoms with E-state index < -0.39 is 0 Å². The van der Waals surface area contributed by atoms with Gasteiger partial charge < -0.3 is 5.32 Å². The maximum absolute atomic E-state index is 4.32. The van der Waals surface area contributed by atoms with Crippen molar-refractivity contribution in [2.45, 2.75) is 45.2 Å². The van der Waals surface area contributed by atoms with Gasteiger partial charge in [-0.3, -0.25) is 9.58 Å². The third-order valence-electron chi connectivity index (χ3n) is 4.19. The lowest BCUT2D eigenvalue weighted by Gasteiger charge is -2.42. The largest absolute Gasteiger partial charge is 0.307 e. The van der Waals surface area contributed by atoms with Gasteiger partial charge in [-0.15, -0.1) is 0 Å². The summed E-state index contributed by atoms with van der Waals surface area (Å²) in [6, 6.07) is 2.46. The van der Waals surface area contributed by atoms with Crippen LogP contribution in [0.15, 0.2) is 12.3 Å². The maximum Gasteiger partial charge on any atom is 0.0673 e. The predicted molar refractivity (Wildman–Crippen MR) is 74.5 cm³/mol. The molecule has 1 aromatic rings. The lowest BCUT2D eigenvalue weighted by Crippen LogP contribution is -2.52. The fourth-order valence-corrected chi connectivity index (χ4v) is 3.06. The van der Waals surface area contributed by atoms with Crippen molar-refractivity contribution in [1.29, 1.82) is 0 Å². The minimum Gasteiger partial charge on any atom is -0.307 e. The zero-order valence-electron chi connectivity index (χ0n) is 12.1. The van der Waals surface area contributed by atoms with Crippen molar-refractivity contribution in [3.05, 3.63) is 18.0 Å². The molecule has 0 bridgehead atoms. The molecule has 2 rings (SSSR count). The molecule has 1 aliphatic heterocycles. The van der Waals surface area contributed by atoms with Gasteiger partial charge in [-0.25, -0.2) is 0 Å². The summed E-state index contributed by atoms with van der Waals surface area (Å²) in [5.74, 6) is 0. The molecule has 0 saturated carbocycles. The Balaban J connectivity index is 2.26. The fraction of sp³-hybridized carbons (Fsp3) is 0.786. The molecule has 0 aliphatic carbocycles. The number of hydrogen-bond acceptors (Lipinski definition) is 3. The molecule has 0 aromatic carbocycles. The lowest BCUT2D eigenvalue weighted by atomic mass is 9.90. The van der Waals surface area contributed by atoms with Crippen LogP contribution in [0, 0.1) is 0 Å². The van der Waals surface area contributed by atoms with Crippen molar-refractivity contribution in [2.24, 2.45) is 7.05 Å². The fourth-order valence-electron chi connectivity index (χ4n) is 3.06. The Morgan fingerprint density at radius 2 is 2.06 bits per heavy atom. The SMILES string of the molecule is CCNC(c1ccnn1C)C(C)(C)N1CCCC1. The number of hydrogen-bond donors (Lipinski definition) is 1. The summed E-state index contributed by atoms with van der Waals surface area (Å²) in [5, 5.41) is 7.96. The van der Waals surface area contributed by atoms with E-state index in [9.17, 15) is 0 Å². The Morgan fingerprint density at radius 1 is 1.39 bits per heavy atom. The van der Waals surface area contributed by atoms with E-state index in [0.29, 0.717) is 6.04 Å². The van der Waals surface area contributed by atoms with Crippen LogP contribution in [0.2, 0.25) is 0 Å². The van der Waals surface area contributed by atoms with Crippen LogP contribution in [-0.2, 0) is 7.05 Å². The maximum atomic E-state index is 4.32. The molecule has 1 saturated heterocycles. The third-order valence-corrected chi connectivity index (χ3v) is 4.19. The molecule has 1 atom stereocenters. The topological polar surface area (TPSA) is 33.1 Å². The van der Waals surface area contributed by atoms with Crippen LogP contribution in [0.25, 0.3) is 0 Å². The average Bonchev–Trinajstić information content (AvgIpc) is 2.96. The molecule has 4 nitrogen and oxygen atoms in total. The van der Waals surface area contributed by atoms with Gasteiger partial charge in [-0.05, 0) is 52.4 Å². The first-order valence-corrected chi connectivity index (χ1v) is 7.03. The van der Waals surface area contributed by atoms with Crippen LogP contribution in [0.3, 0.4) is 0 Å². The van der Waals surface area contributed by atoms with Crippen LogP contribution >= 0.6 is 0 Å². The minimum atomic E-state index is 0.125. The van der Waals surface area contributed by atoms with Crippen LogP contribution in [-0.4, -0.2) is 39.9 Å². The highest BCUT2D eigenvalue weighted by molar-refractivity contribution is 5.14. The monoisotopic (exact) mass is 250 g/mol. The molecular formula is C14H26N4. The second-order valence-corrected chi connectivity index (χ2v) is 5.72. The van der Waals surface area contributed by atoms with Crippen molar-refractivity contribution in [3.8, 4) is 0 Å². The standard InChI is InChI=1S/C14H26N4/c1-5-15-13(12-8-9-16-17(12)4)14(2,3)18-10-6-7-11-18/h8-9,13,15H,5-7,10-11H2,1-4H3. The van der Waals surface area contributed by atoms with Gasteiger partial charge in [0.15, 0.2) is 0 Å². The van der Waals surface area contributed by atoms with Gasteiger partial charge in [-0.2, -0.15) is 5.10 Å². The second-order valence-electron chi connectivity index (χ2n) is 5.72. The summed E-state index contributed by atoms with van der Waals surface area (Å²) >= 11 is 0. The number of aryl methyl sites for hydroxylation is 1. The number of rotatable bonds is 5. The number of nitrogens with one attached hydrogen (secondary N) is 1. The quantitative estimate of drug-likeness (QED) is 0.867. The molecule has 18 heavy (non-hydrogen) atoms. The second kappa shape index (κ2) is 5.41. The molecule has 1 aromatic heterocycles. The van der Waals surface area contributed by atoms with Gasteiger partial charge in [0.25, 0.3) is 0 Å². The molecule has 1 N–H and O–H groups in total. The summed E-state index contributed by atoms with van der Waals surface area (Å²) in [6.45, 7) is 10.3. The predicted octanol–water partition coefficient (Wildman–Crippen LogP) is 1.95. The van der Waals surface area contributed by atoms with E-state index in [0.717, 1.165) is 6.54 Å². The Kier molecular flexibility index (Phi) is 4.07. The Labute approximate surface area is 110 Å². The van der Waals surface area contributed by atoms with Crippen LogP contribution < -0.4 is 5.32 Å². The number of nitrogens with zero attached hydrogens (tertiary/aromatic N) is 3. The smallest absolute Gasteiger partial charge is 0.0673 e. The first-order valence-electron chi connectivity index (χ1n) is 7.03. The summed E-state index contributed by atoms with van der Waals surface area (Å²) in [6.07, 6.45) is 4.54. The van der Waals surface area contributed by atoms with E-state index >= 15 is 0 Å². The van der Waals surface area contributed by atoms with Gasteiger partial charge in [0, 0.05) is 18.8 Å². The molecule has 1 unspecified atom stereocenters. The normalized spacial score (nSPS) is 19.3. The summed E-state index contributed by atoms with van der Waals surface area (Å²) < 4.78 is 1.99. The highest BCUT2D eigenvalue weighted by atomic mass is 15.3. The van der Waals surface area contributed by atoms with Gasteiger partial charge >= 0.3 is 0 Å². The number of likely N-dealkylation sites (tertiary alicyclic amines) is 1. The van der Waals surface area contributed by atoms with E-state index in [4.69, 9.17) is 0 Å². The van der Waals surface area contributed by atoms with Crippen LogP contribution in [0.5, 0.6) is 0 Å². The van der Waals surface area contributed by atoms with E-state index in [-0.39, 0.29) is 5.54 Å². The Morgan fingerprint density at radius 3 is 2.56 bits per heavy atom. The van der Waals surface area contributed by atoms with Gasteiger partial charge in [-0.1, -0.05) is 6.92 Å². The van der Waals surface area contributed by atoms with Gasteiger partial charge in [0.1, 0.15) is 0 Å². The molecule has 0 radical (unpaired) electrons. The Hall–Kier alpha value is -0.870. The molecule has 102 valence electrons. The minimum absolute atomic E-state index is 0.125. The Bertz CT molecular complexity index is 377. The van der Waals surface area contributed by atoms with Crippen LogP contribution in [0.1, 0.15) is 45.3 Å². The molecule has 0 amide bonds. The summed E-state index contributed by atoms with van der Waals surface area (Å²) in [4.78, 5) is 2.60. The number of likely N-dealkylation sites (N-methyl/N-ethyl adjacent to an activating group) is 1. The van der Waals surface area contributed by atoms with Gasteiger partial charge in [0.05, 0.1) is 11.7 Å². The molecule has 1 aliphatic rings. The molecule has 0 spiro atoms.